The summed E-state index contributed by atoms with van der Waals surface area (Å²) in [6.45, 7) is 0. The Morgan fingerprint density at radius 3 is 2.54 bits per heavy atom. The highest BCUT2D eigenvalue weighted by Gasteiger charge is 2.22. The van der Waals surface area contributed by atoms with Gasteiger partial charge in [-0.15, -0.1) is 0 Å². The number of nitrogens with zero attached hydrogens (tertiary/aromatic N) is 2. The second-order valence-electron chi connectivity index (χ2n) is 3.46. The van der Waals surface area contributed by atoms with Gasteiger partial charge in [0.25, 0.3) is 0 Å². The summed E-state index contributed by atoms with van der Waals surface area (Å²) in [5, 5.41) is 0. The summed E-state index contributed by atoms with van der Waals surface area (Å²) in [6.07, 6.45) is 3.19. The molecule has 1 aliphatic rings. The number of ketones is 1. The molecule has 0 aromatic rings. The summed E-state index contributed by atoms with van der Waals surface area (Å²) in [4.78, 5) is 16.9. The van der Waals surface area contributed by atoms with E-state index in [1.54, 1.807) is 7.05 Å². The third kappa shape index (κ3) is 2.44. The van der Waals surface area contributed by atoms with Gasteiger partial charge in [-0.1, -0.05) is 0 Å². The topological polar surface area (TPSA) is 58.7 Å². The van der Waals surface area contributed by atoms with Crippen molar-refractivity contribution in [3.8, 4) is 0 Å². The number of guanidine groups is 1. The van der Waals surface area contributed by atoms with E-state index in [9.17, 15) is 4.79 Å². The molecule has 0 heterocycles. The molecule has 0 unspecified atom stereocenters. The van der Waals surface area contributed by atoms with E-state index in [1.165, 1.54) is 0 Å². The maximum atomic E-state index is 11.0. The molecular weight excluding hydrogens is 166 g/mol. The second-order valence-corrected chi connectivity index (χ2v) is 3.46. The van der Waals surface area contributed by atoms with Crippen molar-refractivity contribution in [1.82, 2.24) is 4.90 Å². The van der Waals surface area contributed by atoms with Gasteiger partial charge in [0.1, 0.15) is 5.78 Å². The Kier molecular flexibility index (Phi) is 3.28. The van der Waals surface area contributed by atoms with Crippen molar-refractivity contribution in [2.24, 2.45) is 10.7 Å². The van der Waals surface area contributed by atoms with Crippen LogP contribution in [-0.4, -0.2) is 36.8 Å². The summed E-state index contributed by atoms with van der Waals surface area (Å²) < 4.78 is 0. The molecule has 0 radical (unpaired) electrons. The van der Waals surface area contributed by atoms with E-state index < -0.39 is 0 Å². The highest BCUT2D eigenvalue weighted by Crippen LogP contribution is 2.18. The molecule has 74 valence electrons. The van der Waals surface area contributed by atoms with Crippen molar-refractivity contribution >= 4 is 11.7 Å². The zero-order valence-electron chi connectivity index (χ0n) is 8.29. The minimum absolute atomic E-state index is 0.372. The maximum absolute atomic E-state index is 11.0. The van der Waals surface area contributed by atoms with Gasteiger partial charge < -0.3 is 10.6 Å². The molecule has 0 aromatic heterocycles. The van der Waals surface area contributed by atoms with Crippen LogP contribution in [0.5, 0.6) is 0 Å². The van der Waals surface area contributed by atoms with Crippen LogP contribution in [-0.2, 0) is 4.79 Å². The van der Waals surface area contributed by atoms with E-state index in [0.717, 1.165) is 12.8 Å². The van der Waals surface area contributed by atoms with E-state index in [2.05, 4.69) is 4.99 Å². The first-order valence-electron chi connectivity index (χ1n) is 4.62. The number of carbonyl (C=O) groups is 1. The molecule has 1 saturated carbocycles. The summed E-state index contributed by atoms with van der Waals surface area (Å²) in [5.74, 6) is 0.927. The first-order valence-corrected chi connectivity index (χ1v) is 4.62. The van der Waals surface area contributed by atoms with E-state index in [-0.39, 0.29) is 0 Å². The van der Waals surface area contributed by atoms with E-state index in [1.807, 2.05) is 11.9 Å². The van der Waals surface area contributed by atoms with Gasteiger partial charge in [0.05, 0.1) is 0 Å². The second kappa shape index (κ2) is 4.25. The molecule has 0 aliphatic heterocycles. The van der Waals surface area contributed by atoms with Crippen LogP contribution in [0.1, 0.15) is 25.7 Å². The Balaban J connectivity index is 2.49. The van der Waals surface area contributed by atoms with Gasteiger partial charge in [0, 0.05) is 33.0 Å². The predicted molar refractivity (Wildman–Crippen MR) is 52.6 cm³/mol. The average molecular weight is 183 g/mol. The fourth-order valence-electron chi connectivity index (χ4n) is 1.66. The maximum Gasteiger partial charge on any atom is 0.190 e. The average Bonchev–Trinajstić information content (AvgIpc) is 2.17. The van der Waals surface area contributed by atoms with Crippen LogP contribution >= 0.6 is 0 Å². The number of hydrogen-bond acceptors (Lipinski definition) is 2. The lowest BCUT2D eigenvalue weighted by Crippen LogP contribution is -2.43. The number of aliphatic imine (C=N–C) groups is 1. The lowest BCUT2D eigenvalue weighted by Gasteiger charge is -2.31. The minimum Gasteiger partial charge on any atom is -0.370 e. The summed E-state index contributed by atoms with van der Waals surface area (Å²) >= 11 is 0. The summed E-state index contributed by atoms with van der Waals surface area (Å²) in [7, 11) is 3.61. The molecule has 1 aliphatic carbocycles. The van der Waals surface area contributed by atoms with Crippen LogP contribution in [0.2, 0.25) is 0 Å². The van der Waals surface area contributed by atoms with Crippen LogP contribution in [0.4, 0.5) is 0 Å². The van der Waals surface area contributed by atoms with Gasteiger partial charge in [-0.3, -0.25) is 9.79 Å². The van der Waals surface area contributed by atoms with Gasteiger partial charge in [-0.2, -0.15) is 0 Å². The van der Waals surface area contributed by atoms with Crippen molar-refractivity contribution in [3.63, 3.8) is 0 Å². The monoisotopic (exact) mass is 183 g/mol. The molecule has 0 saturated heterocycles. The van der Waals surface area contributed by atoms with Crippen molar-refractivity contribution in [1.29, 1.82) is 0 Å². The van der Waals surface area contributed by atoms with Crippen molar-refractivity contribution < 1.29 is 4.79 Å². The van der Waals surface area contributed by atoms with Gasteiger partial charge in [0.15, 0.2) is 5.96 Å². The van der Waals surface area contributed by atoms with Gasteiger partial charge in [-0.25, -0.2) is 0 Å². The van der Waals surface area contributed by atoms with Gasteiger partial charge in [0.2, 0.25) is 0 Å². The van der Waals surface area contributed by atoms with Crippen LogP contribution < -0.4 is 5.73 Å². The Morgan fingerprint density at radius 2 is 2.08 bits per heavy atom. The van der Waals surface area contributed by atoms with Crippen molar-refractivity contribution in [2.75, 3.05) is 14.1 Å². The van der Waals surface area contributed by atoms with Gasteiger partial charge in [-0.05, 0) is 12.8 Å². The van der Waals surface area contributed by atoms with E-state index in [4.69, 9.17) is 5.73 Å². The number of carbonyl (C=O) groups excluding carboxylic acids is 1. The molecule has 0 amide bonds. The lowest BCUT2D eigenvalue weighted by molar-refractivity contribution is -0.120. The molecule has 2 N–H and O–H groups in total. The molecule has 0 atom stereocenters. The third-order valence-electron chi connectivity index (χ3n) is 2.65. The molecule has 0 aromatic carbocycles. The number of rotatable bonds is 1. The molecule has 1 rings (SSSR count). The fourth-order valence-corrected chi connectivity index (χ4v) is 1.66. The number of nitrogens with two attached hydrogens (primary N) is 1. The molecule has 4 nitrogen and oxygen atoms in total. The Bertz CT molecular complexity index is 215. The SMILES string of the molecule is CN=C(N)N(C)C1CCC(=O)CC1. The molecule has 13 heavy (non-hydrogen) atoms. The quantitative estimate of drug-likeness (QED) is 0.472. The van der Waals surface area contributed by atoms with Crippen molar-refractivity contribution in [3.05, 3.63) is 0 Å². The van der Waals surface area contributed by atoms with Crippen LogP contribution in [0.15, 0.2) is 4.99 Å². The van der Waals surface area contributed by atoms with E-state index >= 15 is 0 Å². The normalized spacial score (nSPS) is 20.5. The van der Waals surface area contributed by atoms with Crippen LogP contribution in [0.3, 0.4) is 0 Å². The minimum atomic E-state index is 0.372. The standard InChI is InChI=1S/C9H17N3O/c1-11-9(10)12(2)7-3-5-8(13)6-4-7/h7H,3-6H2,1-2H3,(H2,10,11). The van der Waals surface area contributed by atoms with Crippen molar-refractivity contribution in [2.45, 2.75) is 31.7 Å². The first-order chi connectivity index (χ1) is 6.15. The van der Waals surface area contributed by atoms with Gasteiger partial charge >= 0.3 is 0 Å². The smallest absolute Gasteiger partial charge is 0.190 e. The van der Waals surface area contributed by atoms with Crippen LogP contribution in [0, 0.1) is 0 Å². The Morgan fingerprint density at radius 1 is 1.54 bits per heavy atom. The number of hydrogen-bond donors (Lipinski definition) is 1. The van der Waals surface area contributed by atoms with E-state index in [0.29, 0.717) is 30.6 Å². The Labute approximate surface area is 78.8 Å². The highest BCUT2D eigenvalue weighted by atomic mass is 16.1. The Hall–Kier alpha value is -1.06. The zero-order valence-corrected chi connectivity index (χ0v) is 8.29. The molecule has 0 bridgehead atoms. The molecule has 0 spiro atoms. The molecule has 1 fully saturated rings. The summed E-state index contributed by atoms with van der Waals surface area (Å²) in [5.41, 5.74) is 5.67. The summed E-state index contributed by atoms with van der Waals surface area (Å²) in [6, 6.07) is 0.390. The first kappa shape index (κ1) is 10.0. The lowest BCUT2D eigenvalue weighted by atomic mass is 9.93. The van der Waals surface area contributed by atoms with Crippen LogP contribution in [0.25, 0.3) is 0 Å². The third-order valence-corrected chi connectivity index (χ3v) is 2.65. The largest absolute Gasteiger partial charge is 0.370 e. The molecular formula is C9H17N3O. The fraction of sp³-hybridized carbons (Fsp3) is 0.778. The number of Topliss-reactive ketones (excluding diaryl/α,β-unsaturated/α-hetero) is 1. The zero-order chi connectivity index (χ0) is 9.84. The predicted octanol–water partition coefficient (Wildman–Crippen LogP) is 0.374. The highest BCUT2D eigenvalue weighted by molar-refractivity contribution is 5.80. The molecule has 4 heteroatoms.